The zero-order valence-electron chi connectivity index (χ0n) is 9.86. The topological polar surface area (TPSA) is 52.3 Å². The molecule has 1 fully saturated rings. The predicted molar refractivity (Wildman–Crippen MR) is 62.2 cm³/mol. The molecule has 3 nitrogen and oxygen atoms in total. The van der Waals surface area contributed by atoms with E-state index in [1.54, 1.807) is 7.11 Å². The molecule has 1 amide bonds. The lowest BCUT2D eigenvalue weighted by Crippen LogP contribution is -2.16. The van der Waals surface area contributed by atoms with Crippen molar-refractivity contribution in [3.63, 3.8) is 0 Å². The highest BCUT2D eigenvalue weighted by Gasteiger charge is 2.62. The highest BCUT2D eigenvalue weighted by Crippen LogP contribution is 2.65. The van der Waals surface area contributed by atoms with Gasteiger partial charge in [0.2, 0.25) is 5.91 Å². The van der Waals surface area contributed by atoms with Gasteiger partial charge in [0.25, 0.3) is 0 Å². The van der Waals surface area contributed by atoms with E-state index in [4.69, 9.17) is 10.5 Å². The first-order valence-corrected chi connectivity index (χ1v) is 5.42. The zero-order valence-corrected chi connectivity index (χ0v) is 9.86. The van der Waals surface area contributed by atoms with E-state index in [0.717, 1.165) is 11.3 Å². The maximum Gasteiger partial charge on any atom is 0.221 e. The van der Waals surface area contributed by atoms with Crippen LogP contribution in [0.2, 0.25) is 0 Å². The molecular formula is C13H17NO2. The lowest BCUT2D eigenvalue weighted by Gasteiger charge is -2.08. The second-order valence-corrected chi connectivity index (χ2v) is 4.92. The summed E-state index contributed by atoms with van der Waals surface area (Å²) in [7, 11) is 1.65. The van der Waals surface area contributed by atoms with Gasteiger partial charge in [0.05, 0.1) is 13.0 Å². The number of methoxy groups -OCH3 is 1. The first-order valence-electron chi connectivity index (χ1n) is 5.42. The fraction of sp³-hybridized carbons (Fsp3) is 0.462. The molecule has 1 aliphatic carbocycles. The number of benzene rings is 1. The molecule has 2 rings (SSSR count). The van der Waals surface area contributed by atoms with Crippen molar-refractivity contribution in [3.8, 4) is 5.75 Å². The van der Waals surface area contributed by atoms with Crippen LogP contribution < -0.4 is 10.5 Å². The van der Waals surface area contributed by atoms with Crippen molar-refractivity contribution >= 4 is 5.91 Å². The molecule has 0 saturated heterocycles. The van der Waals surface area contributed by atoms with Gasteiger partial charge in [0.15, 0.2) is 0 Å². The van der Waals surface area contributed by atoms with Crippen LogP contribution in [0.1, 0.15) is 25.3 Å². The molecule has 3 heteroatoms. The minimum Gasteiger partial charge on any atom is -0.496 e. The summed E-state index contributed by atoms with van der Waals surface area (Å²) in [5, 5.41) is 0. The number of rotatable bonds is 3. The first kappa shape index (κ1) is 11.0. The Hall–Kier alpha value is -1.51. The number of hydrogen-bond donors (Lipinski definition) is 1. The average Bonchev–Trinajstić information content (AvgIpc) is 2.81. The number of primary amides is 1. The van der Waals surface area contributed by atoms with Crippen molar-refractivity contribution < 1.29 is 9.53 Å². The third kappa shape index (κ3) is 1.47. The maximum atomic E-state index is 11.3. The van der Waals surface area contributed by atoms with Crippen LogP contribution in [-0.2, 0) is 4.79 Å². The monoisotopic (exact) mass is 219 g/mol. The van der Waals surface area contributed by atoms with Gasteiger partial charge in [-0.2, -0.15) is 0 Å². The summed E-state index contributed by atoms with van der Waals surface area (Å²) in [5.41, 5.74) is 6.44. The van der Waals surface area contributed by atoms with Gasteiger partial charge in [-0.15, -0.1) is 0 Å². The Kier molecular flexibility index (Phi) is 2.41. The largest absolute Gasteiger partial charge is 0.496 e. The van der Waals surface area contributed by atoms with Gasteiger partial charge >= 0.3 is 0 Å². The Bertz CT molecular complexity index is 426. The second-order valence-electron chi connectivity index (χ2n) is 4.92. The number of carbonyl (C=O) groups excluding carboxylic acids is 1. The summed E-state index contributed by atoms with van der Waals surface area (Å²) in [6.07, 6.45) is 0. The predicted octanol–water partition coefficient (Wildman–Crippen LogP) is 1.92. The molecule has 1 saturated carbocycles. The van der Waals surface area contributed by atoms with Crippen molar-refractivity contribution in [2.75, 3.05) is 7.11 Å². The van der Waals surface area contributed by atoms with Gasteiger partial charge in [-0.3, -0.25) is 4.79 Å². The van der Waals surface area contributed by atoms with Crippen LogP contribution in [0.15, 0.2) is 24.3 Å². The van der Waals surface area contributed by atoms with Crippen LogP contribution in [0.4, 0.5) is 0 Å². The van der Waals surface area contributed by atoms with E-state index >= 15 is 0 Å². The zero-order chi connectivity index (χ0) is 11.9. The minimum absolute atomic E-state index is 0.0551. The number of ether oxygens (including phenoxy) is 1. The smallest absolute Gasteiger partial charge is 0.221 e. The molecule has 0 aliphatic heterocycles. The summed E-state index contributed by atoms with van der Waals surface area (Å²) in [6.45, 7) is 4.14. The van der Waals surface area contributed by atoms with Crippen LogP contribution in [0, 0.1) is 11.3 Å². The molecule has 1 aromatic rings. The van der Waals surface area contributed by atoms with E-state index < -0.39 is 0 Å². The molecule has 0 aromatic heterocycles. The summed E-state index contributed by atoms with van der Waals surface area (Å²) in [4.78, 5) is 11.3. The Morgan fingerprint density at radius 2 is 2.00 bits per heavy atom. The number of amides is 1. The van der Waals surface area contributed by atoms with Crippen molar-refractivity contribution in [1.82, 2.24) is 0 Å². The molecule has 0 radical (unpaired) electrons. The molecular weight excluding hydrogens is 202 g/mol. The van der Waals surface area contributed by atoms with Crippen LogP contribution in [-0.4, -0.2) is 13.0 Å². The van der Waals surface area contributed by atoms with Crippen molar-refractivity contribution in [2.45, 2.75) is 19.8 Å². The van der Waals surface area contributed by atoms with E-state index in [9.17, 15) is 4.79 Å². The van der Waals surface area contributed by atoms with Gasteiger partial charge in [-0.1, -0.05) is 32.0 Å². The highest BCUT2D eigenvalue weighted by molar-refractivity contribution is 5.83. The van der Waals surface area contributed by atoms with Gasteiger partial charge in [0, 0.05) is 5.92 Å². The average molecular weight is 219 g/mol. The maximum absolute atomic E-state index is 11.3. The fourth-order valence-corrected chi connectivity index (χ4v) is 2.67. The SMILES string of the molecule is COc1ccccc1C1C(C(N)=O)C1(C)C. The number of para-hydroxylation sites is 1. The quantitative estimate of drug-likeness (QED) is 0.844. The molecule has 1 aliphatic rings. The Morgan fingerprint density at radius 1 is 1.38 bits per heavy atom. The van der Waals surface area contributed by atoms with Gasteiger partial charge in [-0.05, 0) is 17.0 Å². The third-order valence-electron chi connectivity index (χ3n) is 3.61. The van der Waals surface area contributed by atoms with Gasteiger partial charge < -0.3 is 10.5 Å². The number of hydrogen-bond acceptors (Lipinski definition) is 2. The fourth-order valence-electron chi connectivity index (χ4n) is 2.67. The summed E-state index contributed by atoms with van der Waals surface area (Å²) < 4.78 is 5.32. The van der Waals surface area contributed by atoms with E-state index in [2.05, 4.69) is 13.8 Å². The summed E-state index contributed by atoms with van der Waals surface area (Å²) in [6, 6.07) is 7.82. The number of carbonyl (C=O) groups is 1. The third-order valence-corrected chi connectivity index (χ3v) is 3.61. The second kappa shape index (κ2) is 3.51. The molecule has 1 aromatic carbocycles. The summed E-state index contributed by atoms with van der Waals surface area (Å²) in [5.74, 6) is 0.718. The Labute approximate surface area is 95.6 Å². The van der Waals surface area contributed by atoms with Crippen LogP contribution in [0.3, 0.4) is 0 Å². The molecule has 16 heavy (non-hydrogen) atoms. The molecule has 0 spiro atoms. The van der Waals surface area contributed by atoms with E-state index in [-0.39, 0.29) is 23.2 Å². The Morgan fingerprint density at radius 3 is 2.50 bits per heavy atom. The molecule has 0 bridgehead atoms. The van der Waals surface area contributed by atoms with E-state index in [0.29, 0.717) is 0 Å². The van der Waals surface area contributed by atoms with Crippen LogP contribution in [0.5, 0.6) is 5.75 Å². The number of nitrogens with two attached hydrogens (primary N) is 1. The summed E-state index contributed by atoms with van der Waals surface area (Å²) >= 11 is 0. The van der Waals surface area contributed by atoms with Gasteiger partial charge in [0.1, 0.15) is 5.75 Å². The van der Waals surface area contributed by atoms with Crippen LogP contribution in [0.25, 0.3) is 0 Å². The minimum atomic E-state index is -0.221. The van der Waals surface area contributed by atoms with Crippen molar-refractivity contribution in [2.24, 2.45) is 17.1 Å². The molecule has 86 valence electrons. The lowest BCUT2D eigenvalue weighted by atomic mass is 10.0. The molecule has 0 heterocycles. The standard InChI is InChI=1S/C13H17NO2/c1-13(2)10(11(13)12(14)15)8-6-4-5-7-9(8)16-3/h4-7,10-11H,1-3H3,(H2,14,15). The lowest BCUT2D eigenvalue weighted by molar-refractivity contribution is -0.119. The molecule has 2 unspecified atom stereocenters. The van der Waals surface area contributed by atoms with Crippen LogP contribution >= 0.6 is 0 Å². The highest BCUT2D eigenvalue weighted by atomic mass is 16.5. The Balaban J connectivity index is 2.37. The molecule has 2 N–H and O–H groups in total. The van der Waals surface area contributed by atoms with Crippen molar-refractivity contribution in [3.05, 3.63) is 29.8 Å². The first-order chi connectivity index (χ1) is 7.50. The normalized spacial score (nSPS) is 26.2. The molecule has 2 atom stereocenters. The van der Waals surface area contributed by atoms with E-state index in [1.807, 2.05) is 24.3 Å². The van der Waals surface area contributed by atoms with Gasteiger partial charge in [-0.25, -0.2) is 0 Å². The van der Waals surface area contributed by atoms with Crippen molar-refractivity contribution in [1.29, 1.82) is 0 Å². The van der Waals surface area contributed by atoms with E-state index in [1.165, 1.54) is 0 Å².